The molecule has 0 fully saturated rings. The van der Waals surface area contributed by atoms with E-state index in [1.54, 1.807) is 6.92 Å². The molecule has 11 heteroatoms. The molecule has 6 heterocycles. The third kappa shape index (κ3) is 9.97. The summed E-state index contributed by atoms with van der Waals surface area (Å²) in [5.41, 5.74) is 11.9. The normalized spacial score (nSPS) is 13.7. The topological polar surface area (TPSA) is 134 Å². The van der Waals surface area contributed by atoms with Crippen molar-refractivity contribution in [1.82, 2.24) is 40.1 Å². The van der Waals surface area contributed by atoms with Gasteiger partial charge in [-0.25, -0.2) is 19.9 Å². The SMILES string of the molecule is C.C1=C(c2ccc3[nH]c(-c4ccc(OCc5ccccc5)cc4)nc3n2)CCNC1.CC(=O)N1CC=C(c2ccc3[nH]c(-c4ccc(OCc5ccccc5)cc4)nc3n2)CC1. The molecule has 1 amide bonds. The minimum Gasteiger partial charge on any atom is -0.489 e. The summed E-state index contributed by atoms with van der Waals surface area (Å²) in [4.78, 5) is 39.0. The number of hydrogen-bond acceptors (Lipinski definition) is 8. The van der Waals surface area contributed by atoms with E-state index in [4.69, 9.17) is 29.4 Å². The summed E-state index contributed by atoms with van der Waals surface area (Å²) in [5, 5.41) is 3.33. The van der Waals surface area contributed by atoms with Crippen molar-refractivity contribution in [1.29, 1.82) is 0 Å². The molecular weight excluding hydrogens is 773 g/mol. The standard InChI is InChI=1S/C26H24N4O2.C24H22N4O.CH4/c1-18(31)30-15-13-20(14-16-30)23-11-12-24-26(27-23)29-25(28-24)21-7-9-22(10-8-21)32-17-19-5-3-2-4-6-19;1-2-4-17(5-3-1)16-29-20-8-6-19(7-9-20)23-27-22-11-10-21(26-24(22)28-23)18-12-14-25-15-13-18;/h2-13H,14-17H2,1H3,(H,27,28,29);1-12,25H,13-16H2,(H,26,27,28);1H4. The summed E-state index contributed by atoms with van der Waals surface area (Å²) in [6.07, 6.45) is 6.10. The molecule has 62 heavy (non-hydrogen) atoms. The molecule has 0 aliphatic carbocycles. The molecule has 2 aliphatic rings. The van der Waals surface area contributed by atoms with E-state index >= 15 is 0 Å². The number of pyridine rings is 2. The van der Waals surface area contributed by atoms with Crippen LogP contribution in [0.3, 0.4) is 0 Å². The molecule has 0 radical (unpaired) electrons. The first kappa shape index (κ1) is 41.4. The Morgan fingerprint density at radius 2 is 1.10 bits per heavy atom. The molecule has 312 valence electrons. The number of benzene rings is 4. The second-order valence-corrected chi connectivity index (χ2v) is 15.0. The van der Waals surface area contributed by atoms with Crippen molar-refractivity contribution >= 4 is 39.4 Å². The molecular formula is C51H50N8O3. The van der Waals surface area contributed by atoms with Gasteiger partial charge in [0.05, 0.1) is 22.4 Å². The number of carbonyl (C=O) groups is 1. The van der Waals surface area contributed by atoms with Gasteiger partial charge in [-0.3, -0.25) is 4.79 Å². The lowest BCUT2D eigenvalue weighted by molar-refractivity contribution is -0.128. The molecule has 0 atom stereocenters. The van der Waals surface area contributed by atoms with E-state index < -0.39 is 0 Å². The van der Waals surface area contributed by atoms with Crippen molar-refractivity contribution in [3.8, 4) is 34.3 Å². The number of carbonyl (C=O) groups excluding carboxylic acids is 1. The smallest absolute Gasteiger partial charge is 0.219 e. The average Bonchev–Trinajstić information content (AvgIpc) is 3.96. The van der Waals surface area contributed by atoms with Crippen LogP contribution >= 0.6 is 0 Å². The van der Waals surface area contributed by atoms with Crippen LogP contribution in [0.1, 0.15) is 49.7 Å². The number of hydrogen-bond donors (Lipinski definition) is 3. The minimum atomic E-state index is 0. The van der Waals surface area contributed by atoms with Crippen molar-refractivity contribution in [3.05, 3.63) is 168 Å². The second kappa shape index (κ2) is 19.3. The number of rotatable bonds is 10. The van der Waals surface area contributed by atoms with Gasteiger partial charge < -0.3 is 29.7 Å². The Labute approximate surface area is 361 Å². The molecule has 0 saturated carbocycles. The zero-order valence-electron chi connectivity index (χ0n) is 34.0. The highest BCUT2D eigenvalue weighted by Gasteiger charge is 2.17. The average molecular weight is 823 g/mol. The van der Waals surface area contributed by atoms with Gasteiger partial charge in [0.15, 0.2) is 11.3 Å². The highest BCUT2D eigenvalue weighted by molar-refractivity contribution is 5.81. The summed E-state index contributed by atoms with van der Waals surface area (Å²) >= 11 is 0. The van der Waals surface area contributed by atoms with E-state index in [9.17, 15) is 4.79 Å². The number of aromatic amines is 2. The van der Waals surface area contributed by atoms with Crippen LogP contribution in [0.2, 0.25) is 0 Å². The molecule has 4 aromatic heterocycles. The van der Waals surface area contributed by atoms with Gasteiger partial charge in [0, 0.05) is 37.7 Å². The van der Waals surface area contributed by atoms with Gasteiger partial charge in [0.25, 0.3) is 0 Å². The summed E-state index contributed by atoms with van der Waals surface area (Å²) in [7, 11) is 0. The van der Waals surface area contributed by atoms with Crippen LogP contribution in [0.5, 0.6) is 11.5 Å². The van der Waals surface area contributed by atoms with Crippen molar-refractivity contribution in [2.24, 2.45) is 0 Å². The van der Waals surface area contributed by atoms with Crippen LogP contribution in [-0.2, 0) is 18.0 Å². The van der Waals surface area contributed by atoms with Gasteiger partial charge >= 0.3 is 0 Å². The number of nitrogens with zero attached hydrogens (tertiary/aromatic N) is 5. The molecule has 10 rings (SSSR count). The van der Waals surface area contributed by atoms with Gasteiger partial charge in [-0.2, -0.15) is 0 Å². The van der Waals surface area contributed by atoms with Crippen LogP contribution in [-0.4, -0.2) is 66.9 Å². The molecule has 0 unspecified atom stereocenters. The van der Waals surface area contributed by atoms with E-state index in [0.717, 1.165) is 112 Å². The largest absolute Gasteiger partial charge is 0.489 e. The number of fused-ring (bicyclic) bond motifs is 2. The maximum absolute atomic E-state index is 11.5. The molecule has 11 nitrogen and oxygen atoms in total. The first-order valence-corrected chi connectivity index (χ1v) is 20.6. The zero-order valence-corrected chi connectivity index (χ0v) is 34.0. The molecule has 0 bridgehead atoms. The quantitative estimate of drug-likeness (QED) is 0.124. The summed E-state index contributed by atoms with van der Waals surface area (Å²) in [6.45, 7) is 5.96. The van der Waals surface area contributed by atoms with Gasteiger partial charge in [-0.15, -0.1) is 0 Å². The lowest BCUT2D eigenvalue weighted by Crippen LogP contribution is -2.32. The lowest BCUT2D eigenvalue weighted by atomic mass is 10.0. The van der Waals surface area contributed by atoms with Crippen molar-refractivity contribution < 1.29 is 14.3 Å². The van der Waals surface area contributed by atoms with Gasteiger partial charge in [0.2, 0.25) is 5.91 Å². The molecule has 3 N–H and O–H groups in total. The van der Waals surface area contributed by atoms with Crippen LogP contribution < -0.4 is 14.8 Å². The van der Waals surface area contributed by atoms with E-state index in [-0.39, 0.29) is 13.3 Å². The first-order valence-electron chi connectivity index (χ1n) is 20.6. The highest BCUT2D eigenvalue weighted by atomic mass is 16.5. The maximum atomic E-state index is 11.5. The van der Waals surface area contributed by atoms with Crippen molar-refractivity contribution in [2.45, 2.75) is 40.4 Å². The van der Waals surface area contributed by atoms with Crippen LogP contribution in [0, 0.1) is 0 Å². The lowest BCUT2D eigenvalue weighted by Gasteiger charge is -2.25. The van der Waals surface area contributed by atoms with Crippen molar-refractivity contribution in [2.75, 3.05) is 26.2 Å². The number of H-pyrrole nitrogens is 2. The number of ether oxygens (including phenoxy) is 2. The minimum absolute atomic E-state index is 0. The van der Waals surface area contributed by atoms with E-state index in [1.807, 2.05) is 114 Å². The van der Waals surface area contributed by atoms with E-state index in [1.165, 1.54) is 5.57 Å². The van der Waals surface area contributed by atoms with Crippen molar-refractivity contribution in [3.63, 3.8) is 0 Å². The molecule has 8 aromatic rings. The first-order chi connectivity index (χ1) is 30.0. The monoisotopic (exact) mass is 822 g/mol. The van der Waals surface area contributed by atoms with Gasteiger partial charge in [-0.1, -0.05) is 80.2 Å². The van der Waals surface area contributed by atoms with Crippen LogP contribution in [0.4, 0.5) is 0 Å². The Hall–Kier alpha value is -7.37. The molecule has 2 aliphatic heterocycles. The third-order valence-corrected chi connectivity index (χ3v) is 10.8. The molecule has 0 spiro atoms. The fourth-order valence-electron chi connectivity index (χ4n) is 7.36. The highest BCUT2D eigenvalue weighted by Crippen LogP contribution is 2.28. The van der Waals surface area contributed by atoms with E-state index in [2.05, 4.69) is 51.7 Å². The van der Waals surface area contributed by atoms with Crippen LogP contribution in [0.15, 0.2) is 146 Å². The third-order valence-electron chi connectivity index (χ3n) is 10.8. The maximum Gasteiger partial charge on any atom is 0.219 e. The zero-order chi connectivity index (χ0) is 41.4. The predicted octanol–water partition coefficient (Wildman–Crippen LogP) is 10.1. The Kier molecular flexibility index (Phi) is 12.9. The fourth-order valence-corrected chi connectivity index (χ4v) is 7.36. The number of imidazole rings is 2. The summed E-state index contributed by atoms with van der Waals surface area (Å²) < 4.78 is 11.7. The predicted molar refractivity (Wildman–Crippen MR) is 247 cm³/mol. The Morgan fingerprint density at radius 3 is 1.53 bits per heavy atom. The summed E-state index contributed by atoms with van der Waals surface area (Å²) in [6, 6.07) is 44.3. The second-order valence-electron chi connectivity index (χ2n) is 15.0. The fraction of sp³-hybridized carbons (Fsp3) is 0.196. The number of nitrogens with one attached hydrogen (secondary N) is 3. The Bertz CT molecular complexity index is 2810. The molecule has 4 aromatic carbocycles. The summed E-state index contributed by atoms with van der Waals surface area (Å²) in [5.74, 6) is 3.36. The van der Waals surface area contributed by atoms with E-state index in [0.29, 0.717) is 25.4 Å². The van der Waals surface area contributed by atoms with Crippen LogP contribution in [0.25, 0.3) is 56.2 Å². The molecule has 0 saturated heterocycles. The number of amides is 1. The number of aromatic nitrogens is 6. The Balaban J connectivity index is 0.000000169. The van der Waals surface area contributed by atoms with Gasteiger partial charge in [0.1, 0.15) is 36.4 Å². The van der Waals surface area contributed by atoms with Gasteiger partial charge in [-0.05, 0) is 114 Å². The Morgan fingerprint density at radius 1 is 0.597 bits per heavy atom.